The van der Waals surface area contributed by atoms with E-state index in [0.29, 0.717) is 12.1 Å². The molecule has 1 saturated heterocycles. The van der Waals surface area contributed by atoms with E-state index in [-0.39, 0.29) is 0 Å². The SMILES string of the molecule is CNC(CCN1CCCC(OC)C1)c1ccccc1C. The van der Waals surface area contributed by atoms with Crippen LogP contribution in [0.1, 0.15) is 36.4 Å². The van der Waals surface area contributed by atoms with Gasteiger partial charge in [-0.05, 0) is 50.9 Å². The lowest BCUT2D eigenvalue weighted by atomic mass is 9.98. The van der Waals surface area contributed by atoms with Gasteiger partial charge in [0.25, 0.3) is 0 Å². The standard InChI is InChI=1S/C17H28N2O/c1-14-7-4-5-9-16(14)17(18-2)10-12-19-11-6-8-15(13-19)20-3/h4-5,7,9,15,17-18H,6,8,10-13H2,1-3H3. The topological polar surface area (TPSA) is 24.5 Å². The average molecular weight is 276 g/mol. The van der Waals surface area contributed by atoms with Crippen LogP contribution >= 0.6 is 0 Å². The number of piperidine rings is 1. The van der Waals surface area contributed by atoms with Crippen LogP contribution in [0.15, 0.2) is 24.3 Å². The maximum atomic E-state index is 5.50. The average Bonchev–Trinajstić information content (AvgIpc) is 2.49. The third kappa shape index (κ3) is 4.05. The van der Waals surface area contributed by atoms with Crippen molar-refractivity contribution < 1.29 is 4.74 Å². The molecule has 3 heteroatoms. The predicted molar refractivity (Wildman–Crippen MR) is 84.1 cm³/mol. The number of nitrogens with zero attached hydrogens (tertiary/aromatic N) is 1. The third-order valence-electron chi connectivity index (χ3n) is 4.44. The number of rotatable bonds is 6. The maximum absolute atomic E-state index is 5.50. The highest BCUT2D eigenvalue weighted by Gasteiger charge is 2.20. The summed E-state index contributed by atoms with van der Waals surface area (Å²) >= 11 is 0. The van der Waals surface area contributed by atoms with Crippen LogP contribution in [0, 0.1) is 6.92 Å². The molecule has 3 nitrogen and oxygen atoms in total. The van der Waals surface area contributed by atoms with Gasteiger partial charge in [-0.25, -0.2) is 0 Å². The first-order chi connectivity index (χ1) is 9.74. The van der Waals surface area contributed by atoms with E-state index >= 15 is 0 Å². The van der Waals surface area contributed by atoms with Crippen molar-refractivity contribution in [3.63, 3.8) is 0 Å². The van der Waals surface area contributed by atoms with Crippen molar-refractivity contribution in [2.24, 2.45) is 0 Å². The normalized spacial score (nSPS) is 21.9. The predicted octanol–water partition coefficient (Wildman–Crippen LogP) is 2.76. The minimum Gasteiger partial charge on any atom is -0.380 e. The first kappa shape index (κ1) is 15.5. The molecule has 112 valence electrons. The molecule has 20 heavy (non-hydrogen) atoms. The van der Waals surface area contributed by atoms with Gasteiger partial charge in [0, 0.05) is 26.2 Å². The number of hydrogen-bond acceptors (Lipinski definition) is 3. The van der Waals surface area contributed by atoms with Crippen molar-refractivity contribution in [2.45, 2.75) is 38.3 Å². The molecule has 0 amide bonds. The fraction of sp³-hybridized carbons (Fsp3) is 0.647. The van der Waals surface area contributed by atoms with Gasteiger partial charge >= 0.3 is 0 Å². The molecule has 0 spiro atoms. The van der Waals surface area contributed by atoms with Crippen LogP contribution < -0.4 is 5.32 Å². The molecule has 1 fully saturated rings. The lowest BCUT2D eigenvalue weighted by Gasteiger charge is -2.33. The van der Waals surface area contributed by atoms with Crippen molar-refractivity contribution in [3.05, 3.63) is 35.4 Å². The van der Waals surface area contributed by atoms with Gasteiger partial charge in [-0.3, -0.25) is 0 Å². The number of ether oxygens (including phenoxy) is 1. The van der Waals surface area contributed by atoms with Crippen molar-refractivity contribution in [1.82, 2.24) is 10.2 Å². The van der Waals surface area contributed by atoms with Crippen LogP contribution in [-0.4, -0.2) is 44.8 Å². The summed E-state index contributed by atoms with van der Waals surface area (Å²) in [6.07, 6.45) is 4.04. The van der Waals surface area contributed by atoms with Gasteiger partial charge in [-0.15, -0.1) is 0 Å². The summed E-state index contributed by atoms with van der Waals surface area (Å²) in [4.78, 5) is 2.54. The lowest BCUT2D eigenvalue weighted by Crippen LogP contribution is -2.40. The highest BCUT2D eigenvalue weighted by molar-refractivity contribution is 5.28. The van der Waals surface area contributed by atoms with E-state index in [1.807, 2.05) is 7.11 Å². The van der Waals surface area contributed by atoms with Crippen molar-refractivity contribution in [2.75, 3.05) is 33.8 Å². The van der Waals surface area contributed by atoms with E-state index < -0.39 is 0 Å². The van der Waals surface area contributed by atoms with Gasteiger partial charge in [-0.2, -0.15) is 0 Å². The fourth-order valence-corrected chi connectivity index (χ4v) is 3.15. The van der Waals surface area contributed by atoms with Crippen LogP contribution in [0.4, 0.5) is 0 Å². The number of aryl methyl sites for hydroxylation is 1. The van der Waals surface area contributed by atoms with Crippen LogP contribution in [0.25, 0.3) is 0 Å². The molecule has 2 unspecified atom stereocenters. The Hall–Kier alpha value is -0.900. The van der Waals surface area contributed by atoms with Crippen molar-refractivity contribution in [3.8, 4) is 0 Å². The Morgan fingerprint density at radius 2 is 2.20 bits per heavy atom. The van der Waals surface area contributed by atoms with Crippen LogP contribution in [0.3, 0.4) is 0 Å². The Labute approximate surface area is 123 Å². The van der Waals surface area contributed by atoms with E-state index in [4.69, 9.17) is 4.74 Å². The number of likely N-dealkylation sites (tertiary alicyclic amines) is 1. The van der Waals surface area contributed by atoms with E-state index in [1.165, 1.54) is 30.5 Å². The second-order valence-electron chi connectivity index (χ2n) is 5.79. The number of nitrogens with one attached hydrogen (secondary N) is 1. The van der Waals surface area contributed by atoms with Crippen LogP contribution in [0.5, 0.6) is 0 Å². The fourth-order valence-electron chi connectivity index (χ4n) is 3.15. The second kappa shape index (κ2) is 7.77. The quantitative estimate of drug-likeness (QED) is 0.864. The molecule has 1 aliphatic rings. The summed E-state index contributed by atoms with van der Waals surface area (Å²) in [6.45, 7) is 5.63. The molecule has 0 aliphatic carbocycles. The molecule has 0 saturated carbocycles. The number of methoxy groups -OCH3 is 1. The van der Waals surface area contributed by atoms with Gasteiger partial charge < -0.3 is 15.0 Å². The van der Waals surface area contributed by atoms with Gasteiger partial charge in [0.05, 0.1) is 6.10 Å². The Morgan fingerprint density at radius 3 is 2.90 bits per heavy atom. The molecule has 0 radical (unpaired) electrons. The summed E-state index contributed by atoms with van der Waals surface area (Å²) in [7, 11) is 3.89. The molecular weight excluding hydrogens is 248 g/mol. The Bertz CT molecular complexity index is 408. The molecular formula is C17H28N2O. The zero-order valence-electron chi connectivity index (χ0n) is 13.1. The molecule has 1 heterocycles. The number of hydrogen-bond donors (Lipinski definition) is 1. The Morgan fingerprint density at radius 1 is 1.40 bits per heavy atom. The summed E-state index contributed by atoms with van der Waals surface area (Å²) in [6, 6.07) is 9.12. The molecule has 1 N–H and O–H groups in total. The van der Waals surface area contributed by atoms with E-state index in [0.717, 1.165) is 19.5 Å². The zero-order chi connectivity index (χ0) is 14.4. The highest BCUT2D eigenvalue weighted by Crippen LogP contribution is 2.21. The van der Waals surface area contributed by atoms with Gasteiger partial charge in [0.15, 0.2) is 0 Å². The van der Waals surface area contributed by atoms with E-state index in [1.54, 1.807) is 0 Å². The minimum absolute atomic E-state index is 0.426. The Balaban J connectivity index is 1.89. The summed E-state index contributed by atoms with van der Waals surface area (Å²) < 4.78 is 5.50. The van der Waals surface area contributed by atoms with E-state index in [2.05, 4.69) is 48.5 Å². The summed E-state index contributed by atoms with van der Waals surface area (Å²) in [5.41, 5.74) is 2.80. The molecule has 0 bridgehead atoms. The smallest absolute Gasteiger partial charge is 0.0698 e. The number of benzene rings is 1. The summed E-state index contributed by atoms with van der Waals surface area (Å²) in [5, 5.41) is 3.47. The molecule has 2 rings (SSSR count). The maximum Gasteiger partial charge on any atom is 0.0698 e. The van der Waals surface area contributed by atoms with Gasteiger partial charge in [0.1, 0.15) is 0 Å². The van der Waals surface area contributed by atoms with Gasteiger partial charge in [0.2, 0.25) is 0 Å². The first-order valence-electron chi connectivity index (χ1n) is 7.72. The molecule has 1 aliphatic heterocycles. The highest BCUT2D eigenvalue weighted by atomic mass is 16.5. The minimum atomic E-state index is 0.426. The van der Waals surface area contributed by atoms with Crippen molar-refractivity contribution >= 4 is 0 Å². The van der Waals surface area contributed by atoms with E-state index in [9.17, 15) is 0 Å². The Kier molecular flexibility index (Phi) is 6.02. The first-order valence-corrected chi connectivity index (χ1v) is 7.72. The monoisotopic (exact) mass is 276 g/mol. The molecule has 1 aromatic rings. The molecule has 2 atom stereocenters. The largest absolute Gasteiger partial charge is 0.380 e. The third-order valence-corrected chi connectivity index (χ3v) is 4.44. The van der Waals surface area contributed by atoms with Gasteiger partial charge in [-0.1, -0.05) is 24.3 Å². The van der Waals surface area contributed by atoms with Crippen LogP contribution in [0.2, 0.25) is 0 Å². The van der Waals surface area contributed by atoms with Crippen LogP contribution in [-0.2, 0) is 4.74 Å². The lowest BCUT2D eigenvalue weighted by molar-refractivity contribution is 0.0302. The summed E-state index contributed by atoms with van der Waals surface area (Å²) in [5.74, 6) is 0. The van der Waals surface area contributed by atoms with Crippen molar-refractivity contribution in [1.29, 1.82) is 0 Å². The molecule has 0 aromatic heterocycles. The second-order valence-corrected chi connectivity index (χ2v) is 5.79. The zero-order valence-corrected chi connectivity index (χ0v) is 13.1. The molecule has 1 aromatic carbocycles.